The molecule has 1 amide bonds. The maximum atomic E-state index is 12.4. The van der Waals surface area contributed by atoms with Gasteiger partial charge in [0.05, 0.1) is 0 Å². The molecule has 4 aromatic rings. The molecule has 4 rings (SSSR count). The predicted octanol–water partition coefficient (Wildman–Crippen LogP) is 4.28. The number of fused-ring (bicyclic) bond motifs is 2. The Bertz CT molecular complexity index is 980. The largest absolute Gasteiger partial charge is 0.451 e. The van der Waals surface area contributed by atoms with Gasteiger partial charge in [0.25, 0.3) is 5.91 Å². The summed E-state index contributed by atoms with van der Waals surface area (Å²) >= 11 is 0. The van der Waals surface area contributed by atoms with E-state index in [-0.39, 0.29) is 11.9 Å². The van der Waals surface area contributed by atoms with Crippen molar-refractivity contribution in [1.82, 2.24) is 10.3 Å². The Hall–Kier alpha value is -3.01. The molecule has 4 heteroatoms. The summed E-state index contributed by atoms with van der Waals surface area (Å²) in [6.07, 6.45) is 2.77. The van der Waals surface area contributed by atoms with E-state index in [2.05, 4.69) is 22.4 Å². The number of H-pyrrole nitrogens is 1. The minimum atomic E-state index is -0.182. The molecule has 4 nitrogen and oxygen atoms in total. The first-order valence-corrected chi connectivity index (χ1v) is 8.05. The summed E-state index contributed by atoms with van der Waals surface area (Å²) in [4.78, 5) is 15.7. The zero-order chi connectivity index (χ0) is 16.5. The van der Waals surface area contributed by atoms with E-state index in [0.29, 0.717) is 5.76 Å². The first-order valence-electron chi connectivity index (χ1n) is 8.05. The van der Waals surface area contributed by atoms with Crippen molar-refractivity contribution in [2.75, 3.05) is 0 Å². The molecule has 0 spiro atoms. The lowest BCUT2D eigenvalue weighted by molar-refractivity contribution is 0.0914. The molecule has 2 aromatic heterocycles. The Kier molecular flexibility index (Phi) is 3.58. The summed E-state index contributed by atoms with van der Waals surface area (Å²) < 4.78 is 5.62. The lowest BCUT2D eigenvalue weighted by Gasteiger charge is -2.12. The van der Waals surface area contributed by atoms with Gasteiger partial charge in [0.1, 0.15) is 5.58 Å². The highest BCUT2D eigenvalue weighted by atomic mass is 16.3. The molecule has 120 valence electrons. The third-order valence-electron chi connectivity index (χ3n) is 4.23. The molecule has 1 atom stereocenters. The lowest BCUT2D eigenvalue weighted by Crippen LogP contribution is -2.33. The summed E-state index contributed by atoms with van der Waals surface area (Å²) in [5.74, 6) is 0.167. The average molecular weight is 318 g/mol. The van der Waals surface area contributed by atoms with E-state index in [4.69, 9.17) is 4.42 Å². The number of hydrogen-bond donors (Lipinski definition) is 2. The number of rotatable bonds is 4. The SMILES string of the molecule is C[C@@H](Cc1c[nH]c2ccccc12)NC(=O)c1cc2ccccc2o1. The molecule has 0 unspecified atom stereocenters. The van der Waals surface area contributed by atoms with Crippen molar-refractivity contribution in [3.8, 4) is 0 Å². The highest BCUT2D eigenvalue weighted by Crippen LogP contribution is 2.20. The van der Waals surface area contributed by atoms with E-state index in [1.165, 1.54) is 10.9 Å². The number of para-hydroxylation sites is 2. The van der Waals surface area contributed by atoms with Crippen molar-refractivity contribution in [2.24, 2.45) is 0 Å². The monoisotopic (exact) mass is 318 g/mol. The number of carbonyl (C=O) groups is 1. The third kappa shape index (κ3) is 2.67. The van der Waals surface area contributed by atoms with Crippen molar-refractivity contribution in [1.29, 1.82) is 0 Å². The first kappa shape index (κ1) is 14.6. The molecular weight excluding hydrogens is 300 g/mol. The van der Waals surface area contributed by atoms with Gasteiger partial charge in [0.2, 0.25) is 0 Å². The van der Waals surface area contributed by atoms with Gasteiger partial charge >= 0.3 is 0 Å². The second kappa shape index (κ2) is 5.89. The fourth-order valence-corrected chi connectivity index (χ4v) is 3.07. The summed E-state index contributed by atoms with van der Waals surface area (Å²) in [5.41, 5.74) is 3.04. The summed E-state index contributed by atoms with van der Waals surface area (Å²) in [6.45, 7) is 2.00. The zero-order valence-corrected chi connectivity index (χ0v) is 13.4. The van der Waals surface area contributed by atoms with Gasteiger partial charge in [-0.3, -0.25) is 4.79 Å². The topological polar surface area (TPSA) is 58.0 Å². The molecule has 0 fully saturated rings. The Morgan fingerprint density at radius 2 is 1.96 bits per heavy atom. The van der Waals surface area contributed by atoms with Crippen LogP contribution in [0.3, 0.4) is 0 Å². The van der Waals surface area contributed by atoms with E-state index >= 15 is 0 Å². The number of benzene rings is 2. The Balaban J connectivity index is 1.49. The van der Waals surface area contributed by atoms with Crippen LogP contribution in [0.15, 0.2) is 65.2 Å². The number of hydrogen-bond acceptors (Lipinski definition) is 2. The molecule has 0 aliphatic rings. The van der Waals surface area contributed by atoms with Crippen LogP contribution in [0.4, 0.5) is 0 Å². The predicted molar refractivity (Wildman–Crippen MR) is 95.1 cm³/mol. The number of nitrogens with one attached hydrogen (secondary N) is 2. The van der Waals surface area contributed by atoms with Crippen LogP contribution in [0.2, 0.25) is 0 Å². The van der Waals surface area contributed by atoms with Gasteiger partial charge in [-0.05, 0) is 37.1 Å². The summed E-state index contributed by atoms with van der Waals surface area (Å²) in [7, 11) is 0. The first-order chi connectivity index (χ1) is 11.7. The second-order valence-corrected chi connectivity index (χ2v) is 6.09. The van der Waals surface area contributed by atoms with Gasteiger partial charge in [0.15, 0.2) is 5.76 Å². The summed E-state index contributed by atoms with van der Waals surface area (Å²) in [6, 6.07) is 17.6. The smallest absolute Gasteiger partial charge is 0.287 e. The number of amides is 1. The van der Waals surface area contributed by atoms with Crippen molar-refractivity contribution in [3.05, 3.63) is 72.1 Å². The molecule has 0 bridgehead atoms. The van der Waals surface area contributed by atoms with Crippen molar-refractivity contribution in [3.63, 3.8) is 0 Å². The highest BCUT2D eigenvalue weighted by Gasteiger charge is 2.16. The van der Waals surface area contributed by atoms with Crippen LogP contribution >= 0.6 is 0 Å². The maximum absolute atomic E-state index is 12.4. The van der Waals surface area contributed by atoms with Crippen molar-refractivity contribution < 1.29 is 9.21 Å². The molecule has 0 aliphatic carbocycles. The van der Waals surface area contributed by atoms with E-state index in [1.54, 1.807) is 6.07 Å². The number of furan rings is 1. The van der Waals surface area contributed by atoms with E-state index in [1.807, 2.05) is 49.5 Å². The second-order valence-electron chi connectivity index (χ2n) is 6.09. The van der Waals surface area contributed by atoms with Gasteiger partial charge in [-0.2, -0.15) is 0 Å². The van der Waals surface area contributed by atoms with Crippen LogP contribution in [0.1, 0.15) is 23.0 Å². The fourth-order valence-electron chi connectivity index (χ4n) is 3.07. The average Bonchev–Trinajstić information content (AvgIpc) is 3.19. The molecule has 0 aliphatic heterocycles. The van der Waals surface area contributed by atoms with Crippen molar-refractivity contribution >= 4 is 27.8 Å². The number of aromatic nitrogens is 1. The minimum absolute atomic E-state index is 0.00455. The third-order valence-corrected chi connectivity index (χ3v) is 4.23. The van der Waals surface area contributed by atoms with Crippen LogP contribution in [-0.2, 0) is 6.42 Å². The van der Waals surface area contributed by atoms with Gasteiger partial charge in [-0.25, -0.2) is 0 Å². The molecule has 2 heterocycles. The standard InChI is InChI=1S/C20H18N2O2/c1-13(10-15-12-21-17-8-4-3-7-16(15)17)22-20(23)19-11-14-6-2-5-9-18(14)24-19/h2-9,11-13,21H,10H2,1H3,(H,22,23)/t13-/m0/s1. The highest BCUT2D eigenvalue weighted by molar-refractivity contribution is 5.96. The molecule has 24 heavy (non-hydrogen) atoms. The Labute approximate surface area is 139 Å². The van der Waals surface area contributed by atoms with Crippen LogP contribution in [0.25, 0.3) is 21.9 Å². The zero-order valence-electron chi connectivity index (χ0n) is 13.4. The normalized spacial score (nSPS) is 12.5. The molecule has 2 aromatic carbocycles. The van der Waals surface area contributed by atoms with Crippen LogP contribution in [-0.4, -0.2) is 16.9 Å². The van der Waals surface area contributed by atoms with E-state index in [0.717, 1.165) is 22.9 Å². The van der Waals surface area contributed by atoms with Gasteiger partial charge in [-0.15, -0.1) is 0 Å². The number of carbonyl (C=O) groups excluding carboxylic acids is 1. The summed E-state index contributed by atoms with van der Waals surface area (Å²) in [5, 5.41) is 5.15. The minimum Gasteiger partial charge on any atom is -0.451 e. The molecule has 2 N–H and O–H groups in total. The Morgan fingerprint density at radius 1 is 1.17 bits per heavy atom. The molecule has 0 saturated heterocycles. The van der Waals surface area contributed by atoms with Crippen LogP contribution in [0.5, 0.6) is 0 Å². The van der Waals surface area contributed by atoms with Crippen LogP contribution in [0, 0.1) is 0 Å². The Morgan fingerprint density at radius 3 is 2.83 bits per heavy atom. The molecular formula is C20H18N2O2. The van der Waals surface area contributed by atoms with Crippen molar-refractivity contribution in [2.45, 2.75) is 19.4 Å². The van der Waals surface area contributed by atoms with E-state index < -0.39 is 0 Å². The van der Waals surface area contributed by atoms with Gasteiger partial charge < -0.3 is 14.7 Å². The maximum Gasteiger partial charge on any atom is 0.287 e. The fraction of sp³-hybridized carbons (Fsp3) is 0.150. The van der Waals surface area contributed by atoms with Gasteiger partial charge in [0, 0.05) is 28.5 Å². The quantitative estimate of drug-likeness (QED) is 0.590. The van der Waals surface area contributed by atoms with Crippen LogP contribution < -0.4 is 5.32 Å². The molecule has 0 saturated carbocycles. The number of aromatic amines is 1. The van der Waals surface area contributed by atoms with Gasteiger partial charge in [-0.1, -0.05) is 36.4 Å². The van der Waals surface area contributed by atoms with E-state index in [9.17, 15) is 4.79 Å². The lowest BCUT2D eigenvalue weighted by atomic mass is 10.1. The molecule has 0 radical (unpaired) electrons.